The molecule has 1 amide bonds. The summed E-state index contributed by atoms with van der Waals surface area (Å²) >= 11 is 0. The van der Waals surface area contributed by atoms with E-state index >= 15 is 0 Å². The van der Waals surface area contributed by atoms with Crippen molar-refractivity contribution in [2.24, 2.45) is 5.73 Å². The fourth-order valence-electron chi connectivity index (χ4n) is 3.13. The van der Waals surface area contributed by atoms with E-state index in [2.05, 4.69) is 21.2 Å². The van der Waals surface area contributed by atoms with Gasteiger partial charge in [0.1, 0.15) is 5.65 Å². The molecule has 1 saturated heterocycles. The first-order valence-electron chi connectivity index (χ1n) is 7.68. The van der Waals surface area contributed by atoms with E-state index in [1.165, 1.54) is 6.20 Å². The molecule has 3 aromatic heterocycles. The van der Waals surface area contributed by atoms with Crippen LogP contribution in [-0.2, 0) is 6.54 Å². The molecule has 7 heteroatoms. The van der Waals surface area contributed by atoms with Gasteiger partial charge in [-0.3, -0.25) is 14.4 Å². The number of nitrogens with zero attached hydrogens (tertiary/aromatic N) is 5. The molecule has 0 aliphatic carbocycles. The van der Waals surface area contributed by atoms with E-state index in [0.717, 1.165) is 37.4 Å². The average Bonchev–Trinajstić information content (AvgIpc) is 3.25. The lowest BCUT2D eigenvalue weighted by Gasteiger charge is -2.14. The van der Waals surface area contributed by atoms with E-state index in [1.807, 2.05) is 33.5 Å². The largest absolute Gasteiger partial charge is 0.366 e. The van der Waals surface area contributed by atoms with Crippen molar-refractivity contribution in [3.05, 3.63) is 54.2 Å². The Hall–Kier alpha value is -2.67. The Morgan fingerprint density at radius 1 is 1.35 bits per heavy atom. The zero-order valence-electron chi connectivity index (χ0n) is 12.7. The molecular formula is C16H18N6O. The first-order valence-corrected chi connectivity index (χ1v) is 7.68. The van der Waals surface area contributed by atoms with Crippen LogP contribution in [0.15, 0.2) is 43.0 Å². The number of imidazole rings is 1. The highest BCUT2D eigenvalue weighted by Crippen LogP contribution is 2.22. The molecule has 3 aromatic rings. The molecule has 1 aliphatic rings. The summed E-state index contributed by atoms with van der Waals surface area (Å²) < 4.78 is 3.89. The van der Waals surface area contributed by atoms with Crippen LogP contribution in [-0.4, -0.2) is 43.1 Å². The number of aromatic nitrogens is 4. The van der Waals surface area contributed by atoms with E-state index in [4.69, 9.17) is 5.73 Å². The number of carbonyl (C=O) groups is 1. The summed E-state index contributed by atoms with van der Waals surface area (Å²) in [7, 11) is 0. The van der Waals surface area contributed by atoms with E-state index in [1.54, 1.807) is 6.20 Å². The van der Waals surface area contributed by atoms with Crippen molar-refractivity contribution < 1.29 is 4.79 Å². The van der Waals surface area contributed by atoms with E-state index in [0.29, 0.717) is 5.56 Å². The van der Waals surface area contributed by atoms with Gasteiger partial charge >= 0.3 is 0 Å². The van der Waals surface area contributed by atoms with Gasteiger partial charge < -0.3 is 10.1 Å². The van der Waals surface area contributed by atoms with Gasteiger partial charge in [0.05, 0.1) is 23.5 Å². The molecular weight excluding hydrogens is 292 g/mol. The number of likely N-dealkylation sites (tertiary alicyclic amines) is 1. The van der Waals surface area contributed by atoms with Crippen LogP contribution in [0.4, 0.5) is 0 Å². The highest BCUT2D eigenvalue weighted by Gasteiger charge is 2.25. The second-order valence-corrected chi connectivity index (χ2v) is 5.95. The summed E-state index contributed by atoms with van der Waals surface area (Å²) in [4.78, 5) is 18.2. The maximum Gasteiger partial charge on any atom is 0.251 e. The molecule has 7 nitrogen and oxygen atoms in total. The molecule has 4 rings (SSSR count). The van der Waals surface area contributed by atoms with Crippen molar-refractivity contribution in [3.63, 3.8) is 0 Å². The molecule has 2 N–H and O–H groups in total. The maximum absolute atomic E-state index is 11.2. The minimum Gasteiger partial charge on any atom is -0.366 e. The zero-order valence-corrected chi connectivity index (χ0v) is 12.7. The van der Waals surface area contributed by atoms with Crippen molar-refractivity contribution in [1.29, 1.82) is 0 Å². The smallest absolute Gasteiger partial charge is 0.251 e. The summed E-state index contributed by atoms with van der Waals surface area (Å²) in [6.45, 7) is 2.71. The van der Waals surface area contributed by atoms with Crippen molar-refractivity contribution >= 4 is 11.6 Å². The summed E-state index contributed by atoms with van der Waals surface area (Å²) in [6.07, 6.45) is 8.36. The number of primary amides is 1. The second kappa shape index (κ2) is 5.51. The molecule has 1 atom stereocenters. The number of amides is 1. The lowest BCUT2D eigenvalue weighted by molar-refractivity contribution is 0.1000. The van der Waals surface area contributed by atoms with Gasteiger partial charge in [0.25, 0.3) is 5.91 Å². The fourth-order valence-corrected chi connectivity index (χ4v) is 3.13. The summed E-state index contributed by atoms with van der Waals surface area (Å²) in [5, 5.41) is 4.27. The van der Waals surface area contributed by atoms with Gasteiger partial charge in [-0.15, -0.1) is 0 Å². The first kappa shape index (κ1) is 14.0. The second-order valence-electron chi connectivity index (χ2n) is 5.95. The molecule has 0 bridgehead atoms. The van der Waals surface area contributed by atoms with Crippen LogP contribution in [0.1, 0.15) is 28.5 Å². The third-order valence-electron chi connectivity index (χ3n) is 4.31. The molecule has 118 valence electrons. The third-order valence-corrected chi connectivity index (χ3v) is 4.31. The van der Waals surface area contributed by atoms with Crippen LogP contribution < -0.4 is 5.73 Å². The van der Waals surface area contributed by atoms with Gasteiger partial charge in [0.2, 0.25) is 0 Å². The molecule has 0 spiro atoms. The van der Waals surface area contributed by atoms with Crippen LogP contribution >= 0.6 is 0 Å². The van der Waals surface area contributed by atoms with Crippen molar-refractivity contribution in [2.75, 3.05) is 13.1 Å². The van der Waals surface area contributed by atoms with E-state index in [-0.39, 0.29) is 6.04 Å². The zero-order chi connectivity index (χ0) is 15.8. The molecule has 4 heterocycles. The Labute approximate surface area is 133 Å². The Morgan fingerprint density at radius 2 is 2.26 bits per heavy atom. The summed E-state index contributed by atoms with van der Waals surface area (Å²) in [5.41, 5.74) is 7.77. The first-order chi connectivity index (χ1) is 11.2. The Kier molecular flexibility index (Phi) is 3.34. The van der Waals surface area contributed by atoms with Crippen molar-refractivity contribution in [3.8, 4) is 0 Å². The molecule has 23 heavy (non-hydrogen) atoms. The SMILES string of the molecule is NC(=O)c1cnn(C2CCN(Cc3cn4ccccc4n3)C2)c1. The summed E-state index contributed by atoms with van der Waals surface area (Å²) in [5.74, 6) is -0.434. The quantitative estimate of drug-likeness (QED) is 0.782. The van der Waals surface area contributed by atoms with Crippen LogP contribution in [0, 0.1) is 0 Å². The lowest BCUT2D eigenvalue weighted by Crippen LogP contribution is -2.21. The lowest BCUT2D eigenvalue weighted by atomic mass is 10.3. The third kappa shape index (κ3) is 2.70. The van der Waals surface area contributed by atoms with Crippen molar-refractivity contribution in [1.82, 2.24) is 24.1 Å². The van der Waals surface area contributed by atoms with E-state index < -0.39 is 5.91 Å². The number of nitrogens with two attached hydrogens (primary N) is 1. The van der Waals surface area contributed by atoms with E-state index in [9.17, 15) is 4.79 Å². The Morgan fingerprint density at radius 3 is 3.04 bits per heavy atom. The fraction of sp³-hybridized carbons (Fsp3) is 0.312. The van der Waals surface area contributed by atoms with Gasteiger partial charge in [-0.05, 0) is 18.6 Å². The number of hydrogen-bond donors (Lipinski definition) is 1. The topological polar surface area (TPSA) is 81.5 Å². The maximum atomic E-state index is 11.2. The summed E-state index contributed by atoms with van der Waals surface area (Å²) in [6, 6.07) is 6.27. The van der Waals surface area contributed by atoms with Crippen molar-refractivity contribution in [2.45, 2.75) is 19.0 Å². The van der Waals surface area contributed by atoms with Crippen LogP contribution in [0.2, 0.25) is 0 Å². The highest BCUT2D eigenvalue weighted by molar-refractivity contribution is 5.92. The Bertz CT molecular complexity index is 818. The van der Waals surface area contributed by atoms with Gasteiger partial charge in [-0.1, -0.05) is 6.07 Å². The molecule has 0 radical (unpaired) electrons. The number of hydrogen-bond acceptors (Lipinski definition) is 4. The standard InChI is InChI=1S/C16H18N6O/c17-16(23)12-7-18-22(8-12)14-4-6-20(11-14)9-13-10-21-5-2-1-3-15(21)19-13/h1-3,5,7-8,10,14H,4,6,9,11H2,(H2,17,23). The average molecular weight is 310 g/mol. The molecule has 1 aliphatic heterocycles. The number of fused-ring (bicyclic) bond motifs is 1. The van der Waals surface area contributed by atoms with Crippen LogP contribution in [0.25, 0.3) is 5.65 Å². The Balaban J connectivity index is 1.44. The normalized spacial score (nSPS) is 18.7. The van der Waals surface area contributed by atoms with Gasteiger partial charge in [0, 0.05) is 38.2 Å². The molecule has 1 unspecified atom stereocenters. The minimum absolute atomic E-state index is 0.278. The van der Waals surface area contributed by atoms with Gasteiger partial charge in [-0.2, -0.15) is 5.10 Å². The molecule has 1 fully saturated rings. The van der Waals surface area contributed by atoms with Crippen LogP contribution in [0.5, 0.6) is 0 Å². The van der Waals surface area contributed by atoms with Crippen LogP contribution in [0.3, 0.4) is 0 Å². The highest BCUT2D eigenvalue weighted by atomic mass is 16.1. The monoisotopic (exact) mass is 310 g/mol. The predicted octanol–water partition coefficient (Wildman–Crippen LogP) is 1.08. The van der Waals surface area contributed by atoms with Gasteiger partial charge in [-0.25, -0.2) is 4.98 Å². The molecule has 0 aromatic carbocycles. The number of rotatable bonds is 4. The molecule has 0 saturated carbocycles. The minimum atomic E-state index is -0.434. The number of pyridine rings is 1. The van der Waals surface area contributed by atoms with Gasteiger partial charge in [0.15, 0.2) is 0 Å². The predicted molar refractivity (Wildman–Crippen MR) is 84.9 cm³/mol. The number of carbonyl (C=O) groups excluding carboxylic acids is 1.